The Balaban J connectivity index is 1.63. The van der Waals surface area contributed by atoms with Gasteiger partial charge in [-0.15, -0.1) is 0 Å². The first-order valence-corrected chi connectivity index (χ1v) is 11.8. The van der Waals surface area contributed by atoms with Crippen molar-refractivity contribution in [2.45, 2.75) is 51.1 Å². The highest BCUT2D eigenvalue weighted by atomic mass is 32.2. The van der Waals surface area contributed by atoms with Gasteiger partial charge in [0.05, 0.1) is 11.5 Å². The predicted molar refractivity (Wildman–Crippen MR) is 125 cm³/mol. The summed E-state index contributed by atoms with van der Waals surface area (Å²) < 4.78 is 5.62. The first kappa shape index (κ1) is 20.9. The number of thioether (sulfide) groups is 1. The molecule has 1 aliphatic heterocycles. The van der Waals surface area contributed by atoms with Gasteiger partial charge in [0.15, 0.2) is 5.50 Å². The highest BCUT2D eigenvalue weighted by Gasteiger charge is 2.42. The van der Waals surface area contributed by atoms with Gasteiger partial charge in [-0.25, -0.2) is 0 Å². The highest BCUT2D eigenvalue weighted by molar-refractivity contribution is 8.05. The number of nitrogens with zero attached hydrogens (tertiary/aromatic N) is 1. The topological polar surface area (TPSA) is 41.6 Å². The molecule has 4 nitrogen and oxygen atoms in total. The highest BCUT2D eigenvalue weighted by Crippen LogP contribution is 2.42. The average Bonchev–Trinajstić information content (AvgIpc) is 3.04. The van der Waals surface area contributed by atoms with E-state index in [9.17, 15) is 4.79 Å². The van der Waals surface area contributed by atoms with Gasteiger partial charge < -0.3 is 15.0 Å². The number of anilines is 1. The maximum absolute atomic E-state index is 13.5. The van der Waals surface area contributed by atoms with Crippen molar-refractivity contribution in [2.75, 3.05) is 11.9 Å². The van der Waals surface area contributed by atoms with Crippen LogP contribution in [0.5, 0.6) is 5.75 Å². The zero-order chi connectivity index (χ0) is 20.9. The van der Waals surface area contributed by atoms with Crippen LogP contribution < -0.4 is 10.1 Å². The van der Waals surface area contributed by atoms with E-state index in [1.165, 1.54) is 19.3 Å². The van der Waals surface area contributed by atoms with E-state index >= 15 is 0 Å². The zero-order valence-corrected chi connectivity index (χ0v) is 18.5. The molecule has 4 rings (SSSR count). The molecular weight excluding hydrogens is 392 g/mol. The summed E-state index contributed by atoms with van der Waals surface area (Å²) in [7, 11) is 0. The monoisotopic (exact) mass is 422 g/mol. The second-order valence-electron chi connectivity index (χ2n) is 8.04. The van der Waals surface area contributed by atoms with Crippen molar-refractivity contribution >= 4 is 29.4 Å². The largest absolute Gasteiger partial charge is 0.494 e. The molecule has 2 aliphatic rings. The van der Waals surface area contributed by atoms with Crippen molar-refractivity contribution in [3.05, 3.63) is 65.1 Å². The first-order valence-electron chi connectivity index (χ1n) is 10.9. The van der Waals surface area contributed by atoms with Gasteiger partial charge >= 0.3 is 0 Å². The SMILES string of the molecule is CCOc1cccc(/C=C2\SC(Nc3ccccc3)N([C@H]3CCCC[C@@H]3C)C2=O)c1. The van der Waals surface area contributed by atoms with E-state index in [2.05, 4.69) is 29.3 Å². The minimum absolute atomic E-state index is 0.0909. The number of carbonyl (C=O) groups excluding carboxylic acids is 1. The van der Waals surface area contributed by atoms with Crippen LogP contribution in [0.4, 0.5) is 5.69 Å². The molecule has 0 bridgehead atoms. The summed E-state index contributed by atoms with van der Waals surface area (Å²) in [6.07, 6.45) is 6.72. The van der Waals surface area contributed by atoms with E-state index in [4.69, 9.17) is 4.74 Å². The van der Waals surface area contributed by atoms with Gasteiger partial charge in [0.2, 0.25) is 0 Å². The Kier molecular flexibility index (Phi) is 6.68. The van der Waals surface area contributed by atoms with Crippen LogP contribution in [0.25, 0.3) is 6.08 Å². The van der Waals surface area contributed by atoms with E-state index in [-0.39, 0.29) is 17.4 Å². The Morgan fingerprint density at radius 3 is 2.70 bits per heavy atom. The van der Waals surface area contributed by atoms with Gasteiger partial charge in [0, 0.05) is 11.7 Å². The van der Waals surface area contributed by atoms with E-state index in [1.54, 1.807) is 11.8 Å². The lowest BCUT2D eigenvalue weighted by atomic mass is 9.85. The van der Waals surface area contributed by atoms with Crippen LogP contribution in [0, 0.1) is 5.92 Å². The molecule has 158 valence electrons. The van der Waals surface area contributed by atoms with Crippen LogP contribution >= 0.6 is 11.8 Å². The van der Waals surface area contributed by atoms with Gasteiger partial charge in [-0.05, 0) is 61.6 Å². The number of rotatable bonds is 6. The number of amides is 1. The number of carbonyl (C=O) groups is 1. The molecule has 1 N–H and O–H groups in total. The molecule has 1 unspecified atom stereocenters. The summed E-state index contributed by atoms with van der Waals surface area (Å²) in [5.41, 5.74) is 1.94. The van der Waals surface area contributed by atoms with Gasteiger partial charge in [0.25, 0.3) is 5.91 Å². The van der Waals surface area contributed by atoms with Crippen LogP contribution in [0.15, 0.2) is 59.5 Å². The summed E-state index contributed by atoms with van der Waals surface area (Å²) >= 11 is 1.62. The smallest absolute Gasteiger partial charge is 0.262 e. The molecule has 1 amide bonds. The fraction of sp³-hybridized carbons (Fsp3) is 0.400. The molecule has 2 aromatic rings. The van der Waals surface area contributed by atoms with Crippen LogP contribution in [-0.4, -0.2) is 29.0 Å². The van der Waals surface area contributed by atoms with Crippen molar-refractivity contribution in [3.63, 3.8) is 0 Å². The van der Waals surface area contributed by atoms with Crippen molar-refractivity contribution in [1.82, 2.24) is 4.90 Å². The second kappa shape index (κ2) is 9.61. The van der Waals surface area contributed by atoms with Crippen LogP contribution in [0.1, 0.15) is 45.1 Å². The van der Waals surface area contributed by atoms with Gasteiger partial charge in [-0.2, -0.15) is 0 Å². The molecule has 0 spiro atoms. The minimum Gasteiger partial charge on any atom is -0.494 e. The van der Waals surface area contributed by atoms with Gasteiger partial charge in [-0.3, -0.25) is 4.79 Å². The van der Waals surface area contributed by atoms with E-state index in [1.807, 2.05) is 55.5 Å². The molecule has 1 heterocycles. The number of hydrogen-bond donors (Lipinski definition) is 1. The molecule has 1 aliphatic carbocycles. The Hall–Kier alpha value is -2.40. The fourth-order valence-electron chi connectivity index (χ4n) is 4.38. The zero-order valence-electron chi connectivity index (χ0n) is 17.7. The molecular formula is C25H30N2O2S. The number of benzene rings is 2. The molecule has 3 atom stereocenters. The third-order valence-corrected chi connectivity index (χ3v) is 7.01. The van der Waals surface area contributed by atoms with Crippen molar-refractivity contribution < 1.29 is 9.53 Å². The molecule has 2 aromatic carbocycles. The van der Waals surface area contributed by atoms with Crippen molar-refractivity contribution in [2.24, 2.45) is 5.92 Å². The molecule has 30 heavy (non-hydrogen) atoms. The fourth-order valence-corrected chi connectivity index (χ4v) is 5.59. The Bertz CT molecular complexity index is 899. The molecule has 2 fully saturated rings. The molecule has 1 saturated carbocycles. The minimum atomic E-state index is -0.0909. The van der Waals surface area contributed by atoms with Crippen LogP contribution in [0.2, 0.25) is 0 Å². The lowest BCUT2D eigenvalue weighted by Gasteiger charge is -2.39. The van der Waals surface area contributed by atoms with Crippen LogP contribution in [-0.2, 0) is 4.79 Å². The lowest BCUT2D eigenvalue weighted by Crippen LogP contribution is -2.48. The third-order valence-electron chi connectivity index (χ3n) is 5.89. The van der Waals surface area contributed by atoms with E-state index in [0.717, 1.165) is 28.3 Å². The number of ether oxygens (including phenoxy) is 1. The third kappa shape index (κ3) is 4.67. The van der Waals surface area contributed by atoms with Crippen LogP contribution in [0.3, 0.4) is 0 Å². The number of nitrogens with one attached hydrogen (secondary N) is 1. The Morgan fingerprint density at radius 1 is 1.13 bits per heavy atom. The molecule has 5 heteroatoms. The maximum Gasteiger partial charge on any atom is 0.262 e. The summed E-state index contributed by atoms with van der Waals surface area (Å²) in [5, 5.41) is 3.59. The second-order valence-corrected chi connectivity index (χ2v) is 9.16. The normalized spacial score (nSPS) is 25.5. The molecule has 1 saturated heterocycles. The number of hydrogen-bond acceptors (Lipinski definition) is 4. The average molecular weight is 423 g/mol. The summed E-state index contributed by atoms with van der Waals surface area (Å²) in [5.74, 6) is 1.48. The Morgan fingerprint density at radius 2 is 1.93 bits per heavy atom. The summed E-state index contributed by atoms with van der Waals surface area (Å²) in [6, 6.07) is 18.4. The first-order chi connectivity index (χ1) is 14.7. The van der Waals surface area contributed by atoms with Crippen molar-refractivity contribution in [1.29, 1.82) is 0 Å². The van der Waals surface area contributed by atoms with Crippen molar-refractivity contribution in [3.8, 4) is 5.75 Å². The Labute approximate surface area is 183 Å². The number of para-hydroxylation sites is 1. The van der Waals surface area contributed by atoms with Gasteiger partial charge in [-0.1, -0.05) is 61.9 Å². The van der Waals surface area contributed by atoms with E-state index in [0.29, 0.717) is 12.5 Å². The maximum atomic E-state index is 13.5. The molecule has 0 aromatic heterocycles. The standard InChI is InChI=1S/C25H30N2O2S/c1-3-29-21-14-9-11-19(16-21)17-23-24(28)27(22-15-8-7-10-18(22)2)25(30-23)26-20-12-5-4-6-13-20/h4-6,9,11-14,16-18,22,25-26H,3,7-8,10,15H2,1-2H3/b23-17-/t18-,22-,25?/m0/s1. The van der Waals surface area contributed by atoms with Gasteiger partial charge in [0.1, 0.15) is 5.75 Å². The quantitative estimate of drug-likeness (QED) is 0.582. The summed E-state index contributed by atoms with van der Waals surface area (Å²) in [6.45, 7) is 4.89. The summed E-state index contributed by atoms with van der Waals surface area (Å²) in [4.78, 5) is 16.4. The lowest BCUT2D eigenvalue weighted by molar-refractivity contribution is -0.129. The van der Waals surface area contributed by atoms with E-state index < -0.39 is 0 Å². The molecule has 0 radical (unpaired) electrons. The predicted octanol–water partition coefficient (Wildman–Crippen LogP) is 5.98.